The van der Waals surface area contributed by atoms with Crippen molar-refractivity contribution in [1.29, 1.82) is 0 Å². The molecule has 2 aromatic heterocycles. The van der Waals surface area contributed by atoms with Gasteiger partial charge in [-0.3, -0.25) is 9.69 Å². The van der Waals surface area contributed by atoms with Gasteiger partial charge in [-0.05, 0) is 6.92 Å². The highest BCUT2D eigenvalue weighted by Gasteiger charge is 2.32. The lowest BCUT2D eigenvalue weighted by atomic mass is 10.2. The second kappa shape index (κ2) is 7.58. The molecule has 140 valence electrons. The summed E-state index contributed by atoms with van der Waals surface area (Å²) >= 11 is 1.08. The largest absolute Gasteiger partial charge is 0.473 e. The van der Waals surface area contributed by atoms with Crippen molar-refractivity contribution in [3.05, 3.63) is 34.7 Å². The van der Waals surface area contributed by atoms with Gasteiger partial charge >= 0.3 is 0 Å². The minimum atomic E-state index is -1.03. The first-order valence-corrected chi connectivity index (χ1v) is 8.78. The Morgan fingerprint density at radius 1 is 1.42 bits per heavy atom. The summed E-state index contributed by atoms with van der Waals surface area (Å²) in [4.78, 5) is 20.9. The molecule has 2 atom stereocenters. The molecule has 2 aromatic rings. The Morgan fingerprint density at radius 2 is 2.19 bits per heavy atom. The summed E-state index contributed by atoms with van der Waals surface area (Å²) in [6.45, 7) is 4.09. The molecule has 0 radical (unpaired) electrons. The van der Waals surface area contributed by atoms with E-state index in [1.165, 1.54) is 6.92 Å². The van der Waals surface area contributed by atoms with Crippen molar-refractivity contribution in [2.75, 3.05) is 11.9 Å². The number of rotatable bonds is 5. The first kappa shape index (κ1) is 18.6. The van der Waals surface area contributed by atoms with Crippen molar-refractivity contribution >= 4 is 22.4 Å². The lowest BCUT2D eigenvalue weighted by Gasteiger charge is -2.19. The molecule has 3 heterocycles. The highest BCUT2D eigenvalue weighted by Crippen LogP contribution is 2.28. The van der Waals surface area contributed by atoms with Crippen LogP contribution in [-0.2, 0) is 11.3 Å². The van der Waals surface area contributed by atoms with Crippen LogP contribution in [0.3, 0.4) is 0 Å². The van der Waals surface area contributed by atoms with Gasteiger partial charge in [-0.2, -0.15) is 9.37 Å². The van der Waals surface area contributed by atoms with Gasteiger partial charge in [0.05, 0.1) is 11.1 Å². The van der Waals surface area contributed by atoms with Crippen molar-refractivity contribution in [3.8, 4) is 5.88 Å². The van der Waals surface area contributed by atoms with E-state index in [2.05, 4.69) is 15.3 Å². The number of likely N-dealkylation sites (tertiary alicyclic amines) is 1. The number of thiazole rings is 1. The van der Waals surface area contributed by atoms with Gasteiger partial charge in [-0.25, -0.2) is 13.8 Å². The summed E-state index contributed by atoms with van der Waals surface area (Å²) in [5.41, 5.74) is 0. The third-order valence-corrected chi connectivity index (χ3v) is 4.95. The second-order valence-corrected chi connectivity index (χ2v) is 7.19. The molecule has 6 nitrogen and oxygen atoms in total. The first-order valence-electron chi connectivity index (χ1n) is 7.96. The molecule has 0 bridgehead atoms. The van der Waals surface area contributed by atoms with Gasteiger partial charge in [0.1, 0.15) is 6.10 Å². The number of anilines is 1. The molecule has 1 aliphatic heterocycles. The summed E-state index contributed by atoms with van der Waals surface area (Å²) in [7, 11) is 0. The Labute approximate surface area is 152 Å². The van der Waals surface area contributed by atoms with E-state index in [9.17, 15) is 18.0 Å². The summed E-state index contributed by atoms with van der Waals surface area (Å²) in [6.07, 6.45) is 1.14. The lowest BCUT2D eigenvalue weighted by Crippen LogP contribution is -2.28. The Balaban J connectivity index is 1.62. The van der Waals surface area contributed by atoms with Gasteiger partial charge < -0.3 is 10.1 Å². The van der Waals surface area contributed by atoms with E-state index in [-0.39, 0.29) is 29.1 Å². The van der Waals surface area contributed by atoms with Crippen LogP contribution in [0.25, 0.3) is 0 Å². The molecule has 1 fully saturated rings. The monoisotopic (exact) mass is 386 g/mol. The number of pyridine rings is 1. The third-order valence-electron chi connectivity index (χ3n) is 4.02. The van der Waals surface area contributed by atoms with Crippen LogP contribution in [0.1, 0.15) is 25.1 Å². The fourth-order valence-electron chi connectivity index (χ4n) is 2.80. The highest BCUT2D eigenvalue weighted by atomic mass is 32.1. The zero-order valence-corrected chi connectivity index (χ0v) is 14.9. The molecule has 0 spiro atoms. The van der Waals surface area contributed by atoms with Crippen molar-refractivity contribution in [1.82, 2.24) is 14.9 Å². The van der Waals surface area contributed by atoms with Crippen LogP contribution < -0.4 is 10.1 Å². The molecule has 1 saturated heterocycles. The molecule has 0 aromatic carbocycles. The van der Waals surface area contributed by atoms with Crippen LogP contribution in [0.2, 0.25) is 0 Å². The van der Waals surface area contributed by atoms with Crippen LogP contribution in [0, 0.1) is 17.6 Å². The Bertz CT molecular complexity index is 817. The smallest absolute Gasteiger partial charge is 0.230 e. The first-order chi connectivity index (χ1) is 12.3. The Hall–Kier alpha value is -2.20. The molecule has 10 heteroatoms. The number of nitrogens with one attached hydrogen (secondary N) is 1. The molecule has 1 amide bonds. The minimum Gasteiger partial charge on any atom is -0.473 e. The van der Waals surface area contributed by atoms with Gasteiger partial charge in [0.15, 0.2) is 16.8 Å². The molecule has 0 unspecified atom stereocenters. The van der Waals surface area contributed by atoms with Crippen LogP contribution in [0.5, 0.6) is 5.88 Å². The number of aromatic nitrogens is 2. The normalized spacial score (nSPS) is 20.3. The number of amides is 1. The third kappa shape index (κ3) is 4.31. The topological polar surface area (TPSA) is 67.4 Å². The molecule has 0 saturated carbocycles. The summed E-state index contributed by atoms with van der Waals surface area (Å²) in [5, 5.41) is 2.68. The fraction of sp³-hybridized carbons (Fsp3) is 0.438. The van der Waals surface area contributed by atoms with Gasteiger partial charge in [0.2, 0.25) is 17.7 Å². The van der Waals surface area contributed by atoms with Crippen molar-refractivity contribution in [2.24, 2.45) is 0 Å². The average Bonchev–Trinajstić information content (AvgIpc) is 3.06. The standard InChI is InChI=1S/C16H17F3N4O2S/c1-8-3-10(25-14-4-11(17)12(18)5-20-14)6-23(8)7-13-15(19)22-16(26-13)21-9(2)24/h4-5,8,10H,3,6-7H2,1-2H3,(H,21,22,24)/t8-,10+/m0/s1. The second-order valence-electron chi connectivity index (χ2n) is 6.10. The zero-order chi connectivity index (χ0) is 18.8. The Morgan fingerprint density at radius 3 is 2.88 bits per heavy atom. The number of ether oxygens (including phenoxy) is 1. The number of hydrogen-bond acceptors (Lipinski definition) is 6. The van der Waals surface area contributed by atoms with Gasteiger partial charge in [-0.15, -0.1) is 0 Å². The zero-order valence-electron chi connectivity index (χ0n) is 14.1. The van der Waals surface area contributed by atoms with Crippen molar-refractivity contribution in [3.63, 3.8) is 0 Å². The predicted octanol–water partition coefficient (Wildman–Crippen LogP) is 2.96. The van der Waals surface area contributed by atoms with E-state index in [0.29, 0.717) is 24.4 Å². The maximum absolute atomic E-state index is 14.0. The number of hydrogen-bond donors (Lipinski definition) is 1. The summed E-state index contributed by atoms with van der Waals surface area (Å²) < 4.78 is 45.8. The van der Waals surface area contributed by atoms with Crippen LogP contribution >= 0.6 is 11.3 Å². The van der Waals surface area contributed by atoms with E-state index in [1.807, 2.05) is 11.8 Å². The highest BCUT2D eigenvalue weighted by molar-refractivity contribution is 7.15. The van der Waals surface area contributed by atoms with Crippen LogP contribution in [-0.4, -0.2) is 39.5 Å². The quantitative estimate of drug-likeness (QED) is 0.856. The summed E-state index contributed by atoms with van der Waals surface area (Å²) in [6, 6.07) is 1.00. The molecule has 1 N–H and O–H groups in total. The average molecular weight is 386 g/mol. The van der Waals surface area contributed by atoms with Crippen molar-refractivity contribution in [2.45, 2.75) is 39.0 Å². The number of halogens is 3. The predicted molar refractivity (Wildman–Crippen MR) is 89.4 cm³/mol. The SMILES string of the molecule is CC(=O)Nc1nc(F)c(CN2C[C@H](Oc3cc(F)c(F)cn3)C[C@@H]2C)s1. The maximum Gasteiger partial charge on any atom is 0.230 e. The van der Waals surface area contributed by atoms with Gasteiger partial charge in [0, 0.05) is 38.5 Å². The fourth-order valence-corrected chi connectivity index (χ4v) is 3.72. The van der Waals surface area contributed by atoms with E-state index < -0.39 is 17.6 Å². The summed E-state index contributed by atoms with van der Waals surface area (Å²) in [5.74, 6) is -2.96. The molecule has 26 heavy (non-hydrogen) atoms. The molecule has 0 aliphatic carbocycles. The maximum atomic E-state index is 14.0. The molecular weight excluding hydrogens is 369 g/mol. The molecule has 1 aliphatic rings. The number of carbonyl (C=O) groups excluding carboxylic acids is 1. The minimum absolute atomic E-state index is 0.0138. The Kier molecular flexibility index (Phi) is 5.42. The van der Waals surface area contributed by atoms with E-state index >= 15 is 0 Å². The lowest BCUT2D eigenvalue weighted by molar-refractivity contribution is -0.114. The van der Waals surface area contributed by atoms with Gasteiger partial charge in [0.25, 0.3) is 0 Å². The number of carbonyl (C=O) groups is 1. The van der Waals surface area contributed by atoms with Crippen LogP contribution in [0.15, 0.2) is 12.3 Å². The van der Waals surface area contributed by atoms with E-state index in [4.69, 9.17) is 4.74 Å². The van der Waals surface area contributed by atoms with Crippen molar-refractivity contribution < 1.29 is 22.7 Å². The van der Waals surface area contributed by atoms with Crippen LogP contribution in [0.4, 0.5) is 18.3 Å². The van der Waals surface area contributed by atoms with E-state index in [0.717, 1.165) is 23.6 Å². The van der Waals surface area contributed by atoms with E-state index in [1.54, 1.807) is 0 Å². The number of nitrogens with zero attached hydrogens (tertiary/aromatic N) is 3. The molecular formula is C16H17F3N4O2S. The van der Waals surface area contributed by atoms with Gasteiger partial charge in [-0.1, -0.05) is 11.3 Å². The molecule has 3 rings (SSSR count).